The number of hydrogen-bond acceptors (Lipinski definition) is 3. The van der Waals surface area contributed by atoms with Crippen LogP contribution in [-0.4, -0.2) is 19.6 Å². The van der Waals surface area contributed by atoms with Gasteiger partial charge in [-0.15, -0.1) is 0 Å². The van der Waals surface area contributed by atoms with Gasteiger partial charge in [0.25, 0.3) is 0 Å². The fourth-order valence-electron chi connectivity index (χ4n) is 3.38. The van der Waals surface area contributed by atoms with Crippen LogP contribution in [0.2, 0.25) is 0 Å². The zero-order valence-electron chi connectivity index (χ0n) is 17.7. The lowest BCUT2D eigenvalue weighted by Crippen LogP contribution is -2.18. The molecular formula is C25H28NO2P. The van der Waals surface area contributed by atoms with Crippen molar-refractivity contribution in [2.24, 2.45) is 4.99 Å². The zero-order valence-corrected chi connectivity index (χ0v) is 18.7. The number of para-hydroxylation sites is 1. The van der Waals surface area contributed by atoms with Crippen LogP contribution < -0.4 is 15.3 Å². The summed E-state index contributed by atoms with van der Waals surface area (Å²) in [5.74, 6) is 0.919. The van der Waals surface area contributed by atoms with E-state index >= 15 is 0 Å². The summed E-state index contributed by atoms with van der Waals surface area (Å²) < 4.78 is 11.1. The molecule has 3 nitrogen and oxygen atoms in total. The summed E-state index contributed by atoms with van der Waals surface area (Å²) >= 11 is 0. The van der Waals surface area contributed by atoms with Crippen molar-refractivity contribution in [1.82, 2.24) is 0 Å². The third kappa shape index (κ3) is 5.32. The molecule has 0 aromatic heterocycles. The predicted molar refractivity (Wildman–Crippen MR) is 125 cm³/mol. The summed E-state index contributed by atoms with van der Waals surface area (Å²) in [7, 11) is 2.12. The van der Waals surface area contributed by atoms with Gasteiger partial charge in [-0.05, 0) is 67.9 Å². The van der Waals surface area contributed by atoms with Gasteiger partial charge >= 0.3 is 0 Å². The Kier molecular flexibility index (Phi) is 7.19. The molecule has 3 aromatic rings. The van der Waals surface area contributed by atoms with Crippen LogP contribution in [0.1, 0.15) is 29.2 Å². The highest BCUT2D eigenvalue weighted by Crippen LogP contribution is 2.27. The van der Waals surface area contributed by atoms with Gasteiger partial charge in [-0.1, -0.05) is 51.0 Å². The van der Waals surface area contributed by atoms with E-state index in [1.165, 1.54) is 27.3 Å². The van der Waals surface area contributed by atoms with E-state index in [-0.39, 0.29) is 6.79 Å². The normalized spacial score (nSPS) is 12.0. The lowest BCUT2D eigenvalue weighted by molar-refractivity contribution is 0.0514. The van der Waals surface area contributed by atoms with Crippen molar-refractivity contribution in [2.45, 2.75) is 27.7 Å². The van der Waals surface area contributed by atoms with Gasteiger partial charge in [0.2, 0.25) is 0 Å². The highest BCUT2D eigenvalue weighted by atomic mass is 31.1. The van der Waals surface area contributed by atoms with Gasteiger partial charge in [0.15, 0.2) is 6.79 Å². The van der Waals surface area contributed by atoms with Gasteiger partial charge in [-0.3, -0.25) is 4.99 Å². The maximum Gasteiger partial charge on any atom is 0.188 e. The Morgan fingerprint density at radius 3 is 2.41 bits per heavy atom. The van der Waals surface area contributed by atoms with Crippen LogP contribution in [0.4, 0.5) is 5.69 Å². The molecular weight excluding hydrogens is 377 g/mol. The lowest BCUT2D eigenvalue weighted by Gasteiger charge is -2.18. The zero-order chi connectivity index (χ0) is 20.8. The average molecular weight is 405 g/mol. The van der Waals surface area contributed by atoms with Gasteiger partial charge in [0, 0.05) is 23.7 Å². The van der Waals surface area contributed by atoms with Crippen molar-refractivity contribution in [3.63, 3.8) is 0 Å². The Morgan fingerprint density at radius 2 is 1.69 bits per heavy atom. The monoisotopic (exact) mass is 405 g/mol. The van der Waals surface area contributed by atoms with E-state index in [4.69, 9.17) is 14.5 Å². The first kappa shape index (κ1) is 21.2. The molecule has 1 atom stereocenters. The van der Waals surface area contributed by atoms with Gasteiger partial charge in [0.05, 0.1) is 5.69 Å². The van der Waals surface area contributed by atoms with E-state index in [0.717, 1.165) is 22.7 Å². The minimum Gasteiger partial charge on any atom is -0.467 e. The molecule has 0 N–H and O–H groups in total. The Hall–Kier alpha value is -2.48. The molecule has 0 aliphatic heterocycles. The van der Waals surface area contributed by atoms with Crippen molar-refractivity contribution in [2.75, 3.05) is 13.9 Å². The van der Waals surface area contributed by atoms with Crippen LogP contribution in [0.25, 0.3) is 0 Å². The van der Waals surface area contributed by atoms with Crippen LogP contribution in [0.3, 0.4) is 0 Å². The van der Waals surface area contributed by atoms with E-state index in [1.807, 2.05) is 30.3 Å². The predicted octanol–water partition coefficient (Wildman–Crippen LogP) is 5.36. The molecule has 0 aliphatic carbocycles. The molecule has 0 radical (unpaired) electrons. The number of aliphatic imine (C=N–C) groups is 1. The molecule has 0 amide bonds. The van der Waals surface area contributed by atoms with Crippen LogP contribution in [0, 0.1) is 20.8 Å². The topological polar surface area (TPSA) is 30.8 Å². The van der Waals surface area contributed by atoms with E-state index in [2.05, 4.69) is 58.0 Å². The first-order chi connectivity index (χ1) is 14.0. The van der Waals surface area contributed by atoms with E-state index in [9.17, 15) is 0 Å². The molecule has 150 valence electrons. The first-order valence-electron chi connectivity index (χ1n) is 9.70. The van der Waals surface area contributed by atoms with Crippen LogP contribution in [-0.2, 0) is 4.74 Å². The van der Waals surface area contributed by atoms with E-state index in [0.29, 0.717) is 8.58 Å². The van der Waals surface area contributed by atoms with Crippen LogP contribution >= 0.6 is 8.58 Å². The summed E-state index contributed by atoms with van der Waals surface area (Å²) in [5.41, 5.74) is 6.81. The number of hydrogen-bond donors (Lipinski definition) is 0. The fourth-order valence-corrected chi connectivity index (χ4v) is 5.01. The van der Waals surface area contributed by atoms with Crippen LogP contribution in [0.5, 0.6) is 5.75 Å². The Morgan fingerprint density at radius 1 is 0.931 bits per heavy atom. The number of nitrogens with zero attached hydrogens (tertiary/aromatic N) is 1. The lowest BCUT2D eigenvalue weighted by atomic mass is 10.1. The molecule has 3 aromatic carbocycles. The van der Waals surface area contributed by atoms with Gasteiger partial charge in [0.1, 0.15) is 5.75 Å². The first-order valence-corrected chi connectivity index (χ1v) is 10.7. The van der Waals surface area contributed by atoms with Gasteiger partial charge < -0.3 is 9.47 Å². The number of rotatable bonds is 7. The van der Waals surface area contributed by atoms with Crippen LogP contribution in [0.15, 0.2) is 65.7 Å². The Labute approximate surface area is 175 Å². The van der Waals surface area contributed by atoms with Crippen molar-refractivity contribution in [1.29, 1.82) is 0 Å². The van der Waals surface area contributed by atoms with Crippen molar-refractivity contribution >= 4 is 30.6 Å². The smallest absolute Gasteiger partial charge is 0.188 e. The fraction of sp³-hybridized carbons (Fsp3) is 0.240. The largest absolute Gasteiger partial charge is 0.467 e. The van der Waals surface area contributed by atoms with Crippen molar-refractivity contribution < 1.29 is 9.47 Å². The maximum absolute atomic E-state index is 5.93. The Balaban J connectivity index is 2.04. The second-order valence-corrected chi connectivity index (χ2v) is 8.45. The third-order valence-corrected chi connectivity index (χ3v) is 6.27. The SMILES string of the molecule is COCOc1c(C)cc(C)cc1Pc1c(C)cccc1C(C)=Nc1ccccc1. The molecule has 0 fully saturated rings. The molecule has 3 rings (SSSR count). The summed E-state index contributed by atoms with van der Waals surface area (Å²) in [6, 6.07) is 20.9. The molecule has 0 aliphatic rings. The number of ether oxygens (including phenoxy) is 2. The summed E-state index contributed by atoms with van der Waals surface area (Å²) in [4.78, 5) is 4.85. The highest BCUT2D eigenvalue weighted by Gasteiger charge is 2.15. The second kappa shape index (κ2) is 9.82. The molecule has 0 spiro atoms. The Bertz CT molecular complexity index is 1010. The van der Waals surface area contributed by atoms with Crippen molar-refractivity contribution in [3.05, 3.63) is 82.9 Å². The standard InChI is InChI=1S/C25H28NO2P/c1-17-14-19(3)24(28-16-27-5)23(15-17)29-25-18(2)10-9-13-22(25)20(4)26-21-11-7-6-8-12-21/h6-15,29H,16H2,1-5H3. The highest BCUT2D eigenvalue weighted by molar-refractivity contribution is 7.56. The third-order valence-electron chi connectivity index (χ3n) is 4.72. The molecule has 4 heteroatoms. The molecule has 1 unspecified atom stereocenters. The maximum atomic E-state index is 5.93. The summed E-state index contributed by atoms with van der Waals surface area (Å²) in [6.45, 7) is 8.71. The molecule has 0 saturated carbocycles. The van der Waals surface area contributed by atoms with Crippen molar-refractivity contribution in [3.8, 4) is 5.75 Å². The minimum atomic E-state index is 0.247. The quantitative estimate of drug-likeness (QED) is 0.301. The molecule has 0 heterocycles. The average Bonchev–Trinajstić information content (AvgIpc) is 2.69. The molecule has 0 bridgehead atoms. The number of benzene rings is 3. The van der Waals surface area contributed by atoms with Gasteiger partial charge in [-0.2, -0.15) is 0 Å². The van der Waals surface area contributed by atoms with E-state index in [1.54, 1.807) is 7.11 Å². The summed E-state index contributed by atoms with van der Waals surface area (Å²) in [5, 5.41) is 2.50. The minimum absolute atomic E-state index is 0.247. The molecule has 0 saturated heterocycles. The van der Waals surface area contributed by atoms with E-state index < -0.39 is 0 Å². The summed E-state index contributed by atoms with van der Waals surface area (Å²) in [6.07, 6.45) is 0. The second-order valence-electron chi connectivity index (χ2n) is 7.16. The molecule has 29 heavy (non-hydrogen) atoms. The number of methoxy groups -OCH3 is 1. The number of aryl methyl sites for hydroxylation is 3. The van der Waals surface area contributed by atoms with Gasteiger partial charge in [-0.25, -0.2) is 0 Å².